The Morgan fingerprint density at radius 2 is 0.444 bits per heavy atom. The van der Waals surface area contributed by atoms with E-state index in [1.54, 1.807) is 12.2 Å². The molecule has 0 aliphatic rings. The molecule has 182 valence electrons. The number of rotatable bonds is 5. The van der Waals surface area contributed by atoms with Gasteiger partial charge in [0.1, 0.15) is 0 Å². The van der Waals surface area contributed by atoms with E-state index in [-0.39, 0.29) is 0 Å². The van der Waals surface area contributed by atoms with Crippen LogP contribution in [0.1, 0.15) is 22.3 Å². The van der Waals surface area contributed by atoms with Crippen molar-refractivity contribution in [3.63, 3.8) is 0 Å². The summed E-state index contributed by atoms with van der Waals surface area (Å²) >= 11 is 0. The average molecular weight is 471 g/mol. The van der Waals surface area contributed by atoms with E-state index in [2.05, 4.69) is 39.5 Å². The zero-order chi connectivity index (χ0) is 26.7. The molecule has 0 spiro atoms. The second kappa shape index (κ2) is 23.5. The van der Waals surface area contributed by atoms with Crippen LogP contribution in [0.2, 0.25) is 0 Å². The maximum absolute atomic E-state index is 3.63. The van der Waals surface area contributed by atoms with Crippen molar-refractivity contribution in [3.05, 3.63) is 195 Å². The van der Waals surface area contributed by atoms with Crippen molar-refractivity contribution < 1.29 is 0 Å². The van der Waals surface area contributed by atoms with Crippen molar-refractivity contribution in [1.29, 1.82) is 0 Å². The molecule has 0 aliphatic carbocycles. The summed E-state index contributed by atoms with van der Waals surface area (Å²) in [6.45, 7) is 21.2. The van der Waals surface area contributed by atoms with Gasteiger partial charge in [-0.2, -0.15) is 0 Å². The van der Waals surface area contributed by atoms with Crippen LogP contribution in [0.15, 0.2) is 173 Å². The maximum atomic E-state index is 3.63. The summed E-state index contributed by atoms with van der Waals surface area (Å²) in [5, 5.41) is 0. The molecular weight excluding hydrogens is 432 g/mol. The lowest BCUT2D eigenvalue weighted by atomic mass is 10.2. The molecule has 4 aromatic carbocycles. The van der Waals surface area contributed by atoms with Gasteiger partial charge < -0.3 is 0 Å². The topological polar surface area (TPSA) is 0 Å². The lowest BCUT2D eigenvalue weighted by molar-refractivity contribution is 1.67. The molecular formula is C36H38. The van der Waals surface area contributed by atoms with Gasteiger partial charge >= 0.3 is 0 Å². The van der Waals surface area contributed by atoms with Crippen LogP contribution < -0.4 is 0 Å². The van der Waals surface area contributed by atoms with Crippen LogP contribution in [0.4, 0.5) is 0 Å². The highest BCUT2D eigenvalue weighted by atomic mass is 13.8. The van der Waals surface area contributed by atoms with Crippen LogP contribution in [-0.2, 0) is 0 Å². The van der Waals surface area contributed by atoms with Crippen molar-refractivity contribution in [2.75, 3.05) is 0 Å². The van der Waals surface area contributed by atoms with E-state index in [0.717, 1.165) is 0 Å². The van der Waals surface area contributed by atoms with Gasteiger partial charge in [-0.1, -0.05) is 197 Å². The number of benzene rings is 4. The van der Waals surface area contributed by atoms with Gasteiger partial charge in [0.15, 0.2) is 0 Å². The van der Waals surface area contributed by atoms with Crippen LogP contribution >= 0.6 is 0 Å². The van der Waals surface area contributed by atoms with Gasteiger partial charge in [0.05, 0.1) is 0 Å². The molecule has 0 atom stereocenters. The summed E-state index contributed by atoms with van der Waals surface area (Å²) in [7, 11) is 0. The smallest absolute Gasteiger partial charge is 0.0263 e. The van der Waals surface area contributed by atoms with Crippen molar-refractivity contribution in [2.24, 2.45) is 0 Å². The second-order valence-electron chi connectivity index (χ2n) is 6.93. The maximum Gasteiger partial charge on any atom is -0.0263 e. The average Bonchev–Trinajstić information content (AvgIpc) is 3.00. The molecule has 4 aromatic rings. The summed E-state index contributed by atoms with van der Waals surface area (Å²) in [6, 6.07) is 40.1. The van der Waals surface area contributed by atoms with Crippen LogP contribution in [0, 0.1) is 0 Å². The number of allylic oxidation sites excluding steroid dienone is 2. The summed E-state index contributed by atoms with van der Waals surface area (Å²) in [5.41, 5.74) is 4.69. The van der Waals surface area contributed by atoms with E-state index in [9.17, 15) is 0 Å². The molecule has 0 aromatic heterocycles. The highest BCUT2D eigenvalue weighted by Crippen LogP contribution is 1.99. The summed E-state index contributed by atoms with van der Waals surface area (Å²) in [5.74, 6) is 0. The molecule has 0 unspecified atom stereocenters. The largest absolute Gasteiger partial charge is 0.0991 e. The first kappa shape index (κ1) is 31.3. The van der Waals surface area contributed by atoms with Crippen molar-refractivity contribution >= 4 is 24.3 Å². The van der Waals surface area contributed by atoms with Crippen LogP contribution in [0.25, 0.3) is 24.3 Å². The Morgan fingerprint density at radius 3 is 0.528 bits per heavy atom. The first-order valence-electron chi connectivity index (χ1n) is 11.6. The number of hydrogen-bond donors (Lipinski definition) is 0. The van der Waals surface area contributed by atoms with Crippen molar-refractivity contribution in [3.8, 4) is 0 Å². The SMILES string of the molecule is C=CC=C.C=Cc1ccccc1.C=Cc1ccccc1.C=Cc1ccccc1.C=Cc1ccccc1. The molecule has 0 N–H and O–H groups in total. The molecule has 0 bridgehead atoms. The predicted molar refractivity (Wildman–Crippen MR) is 167 cm³/mol. The Labute approximate surface area is 219 Å². The fourth-order valence-corrected chi connectivity index (χ4v) is 2.36. The highest BCUT2D eigenvalue weighted by molar-refractivity contribution is 5.47. The molecule has 0 heteroatoms. The van der Waals surface area contributed by atoms with Gasteiger partial charge in [-0.25, -0.2) is 0 Å². The fourth-order valence-electron chi connectivity index (χ4n) is 2.36. The number of hydrogen-bond acceptors (Lipinski definition) is 0. The van der Waals surface area contributed by atoms with E-state index in [1.807, 2.05) is 146 Å². The Hall–Kier alpha value is -4.68. The Bertz CT molecular complexity index is 910. The third-order valence-corrected chi connectivity index (χ3v) is 4.31. The van der Waals surface area contributed by atoms with Crippen molar-refractivity contribution in [1.82, 2.24) is 0 Å². The molecule has 0 fully saturated rings. The molecule has 0 radical (unpaired) electrons. The summed E-state index contributed by atoms with van der Waals surface area (Å²) in [4.78, 5) is 0. The van der Waals surface area contributed by atoms with Gasteiger partial charge in [-0.3, -0.25) is 0 Å². The fraction of sp³-hybridized carbons (Fsp3) is 0. The van der Waals surface area contributed by atoms with E-state index in [1.165, 1.54) is 22.3 Å². The molecule has 36 heavy (non-hydrogen) atoms. The third-order valence-electron chi connectivity index (χ3n) is 4.31. The zero-order valence-electron chi connectivity index (χ0n) is 21.3. The van der Waals surface area contributed by atoms with Gasteiger partial charge in [0, 0.05) is 0 Å². The lowest BCUT2D eigenvalue weighted by Crippen LogP contribution is -1.63. The minimum atomic E-state index is 1.17. The molecule has 4 rings (SSSR count). The quantitative estimate of drug-likeness (QED) is 0.254. The van der Waals surface area contributed by atoms with Crippen LogP contribution in [0.5, 0.6) is 0 Å². The van der Waals surface area contributed by atoms with Crippen LogP contribution in [-0.4, -0.2) is 0 Å². The minimum Gasteiger partial charge on any atom is -0.0991 e. The van der Waals surface area contributed by atoms with Crippen molar-refractivity contribution in [2.45, 2.75) is 0 Å². The molecule has 0 amide bonds. The first-order chi connectivity index (χ1) is 17.6. The summed E-state index contributed by atoms with van der Waals surface area (Å²) < 4.78 is 0. The lowest BCUT2D eigenvalue weighted by Gasteiger charge is -1.85. The molecule has 0 aliphatic heterocycles. The first-order valence-corrected chi connectivity index (χ1v) is 11.6. The van der Waals surface area contributed by atoms with E-state index in [0.29, 0.717) is 0 Å². The Morgan fingerprint density at radius 1 is 0.278 bits per heavy atom. The molecule has 0 heterocycles. The monoisotopic (exact) mass is 470 g/mol. The van der Waals surface area contributed by atoms with Gasteiger partial charge in [0.2, 0.25) is 0 Å². The van der Waals surface area contributed by atoms with E-state index >= 15 is 0 Å². The second-order valence-corrected chi connectivity index (χ2v) is 6.93. The Balaban J connectivity index is 0.000000433. The van der Waals surface area contributed by atoms with Gasteiger partial charge in [-0.05, 0) is 22.3 Å². The predicted octanol–water partition coefficient (Wildman–Crippen LogP) is 10.7. The Kier molecular flexibility index (Phi) is 20.4. The van der Waals surface area contributed by atoms with Crippen LogP contribution in [0.3, 0.4) is 0 Å². The standard InChI is InChI=1S/4C8H8.C4H6/c4*1-2-8-6-4-3-5-7-8;1-3-4-2/h4*2-7H,1H2;3-4H,1-2H2. The summed E-state index contributed by atoms with van der Waals surface area (Å²) in [6.07, 6.45) is 10.6. The normalized spacial score (nSPS) is 8.11. The highest BCUT2D eigenvalue weighted by Gasteiger charge is 1.77. The van der Waals surface area contributed by atoms with Gasteiger partial charge in [0.25, 0.3) is 0 Å². The molecule has 0 nitrogen and oxygen atoms in total. The molecule has 0 saturated carbocycles. The third kappa shape index (κ3) is 17.8. The molecule has 0 saturated heterocycles. The van der Waals surface area contributed by atoms with E-state index < -0.39 is 0 Å². The minimum absolute atomic E-state index is 1.17. The zero-order valence-corrected chi connectivity index (χ0v) is 21.3. The van der Waals surface area contributed by atoms with E-state index in [4.69, 9.17) is 0 Å². The van der Waals surface area contributed by atoms with Gasteiger partial charge in [-0.15, -0.1) is 0 Å².